The summed E-state index contributed by atoms with van der Waals surface area (Å²) in [5, 5.41) is 4.18. The monoisotopic (exact) mass is 371 g/mol. The molecule has 144 valence electrons. The number of furan rings is 1. The molecule has 3 aliphatic rings. The Kier molecular flexibility index (Phi) is 4.27. The summed E-state index contributed by atoms with van der Waals surface area (Å²) in [6.07, 6.45) is 10.1. The molecule has 0 bridgehead atoms. The average molecular weight is 371 g/mol. The molecule has 7 nitrogen and oxygen atoms in total. The number of aromatic nitrogens is 2. The van der Waals surface area contributed by atoms with Crippen LogP contribution in [0.25, 0.3) is 0 Å². The van der Waals surface area contributed by atoms with Gasteiger partial charge in [0.2, 0.25) is 5.89 Å². The molecule has 1 atom stereocenters. The fourth-order valence-corrected chi connectivity index (χ4v) is 4.44. The van der Waals surface area contributed by atoms with Crippen molar-refractivity contribution in [3.05, 3.63) is 35.9 Å². The molecule has 2 aromatic heterocycles. The van der Waals surface area contributed by atoms with Crippen LogP contribution < -0.4 is 0 Å². The molecule has 7 heteroatoms. The predicted octanol–water partition coefficient (Wildman–Crippen LogP) is 3.18. The Hall–Kier alpha value is -2.15. The van der Waals surface area contributed by atoms with Crippen molar-refractivity contribution < 1.29 is 18.5 Å². The van der Waals surface area contributed by atoms with E-state index >= 15 is 0 Å². The maximum atomic E-state index is 12.5. The van der Waals surface area contributed by atoms with E-state index < -0.39 is 0 Å². The second-order valence-corrected chi connectivity index (χ2v) is 8.22. The lowest BCUT2D eigenvalue weighted by Gasteiger charge is -2.46. The summed E-state index contributed by atoms with van der Waals surface area (Å²) >= 11 is 0. The molecule has 3 fully saturated rings. The summed E-state index contributed by atoms with van der Waals surface area (Å²) in [6.45, 7) is 2.23. The quantitative estimate of drug-likeness (QED) is 0.821. The van der Waals surface area contributed by atoms with E-state index in [-0.39, 0.29) is 11.5 Å². The Morgan fingerprint density at radius 2 is 2.11 bits per heavy atom. The summed E-state index contributed by atoms with van der Waals surface area (Å²) in [4.78, 5) is 19.0. The van der Waals surface area contributed by atoms with Gasteiger partial charge in [-0.1, -0.05) is 5.16 Å². The third kappa shape index (κ3) is 3.52. The predicted molar refractivity (Wildman–Crippen MR) is 95.2 cm³/mol. The van der Waals surface area contributed by atoms with Gasteiger partial charge in [-0.25, -0.2) is 0 Å². The number of carbonyl (C=O) groups excluding carboxylic acids is 1. The van der Waals surface area contributed by atoms with Crippen molar-refractivity contribution in [1.82, 2.24) is 15.0 Å². The van der Waals surface area contributed by atoms with Crippen molar-refractivity contribution in [2.24, 2.45) is 5.92 Å². The molecule has 0 N–H and O–H groups in total. The maximum Gasteiger partial charge on any atom is 0.257 e. The van der Waals surface area contributed by atoms with Crippen LogP contribution in [0.3, 0.4) is 0 Å². The Morgan fingerprint density at radius 3 is 2.85 bits per heavy atom. The van der Waals surface area contributed by atoms with E-state index in [1.54, 1.807) is 12.3 Å². The van der Waals surface area contributed by atoms with E-state index in [1.165, 1.54) is 19.1 Å². The fourth-order valence-electron chi connectivity index (χ4n) is 4.44. The van der Waals surface area contributed by atoms with Crippen LogP contribution in [0.2, 0.25) is 0 Å². The second kappa shape index (κ2) is 6.78. The molecule has 1 saturated carbocycles. The van der Waals surface area contributed by atoms with Crippen LogP contribution >= 0.6 is 0 Å². The lowest BCUT2D eigenvalue weighted by molar-refractivity contribution is -0.123. The van der Waals surface area contributed by atoms with E-state index in [0.29, 0.717) is 17.4 Å². The van der Waals surface area contributed by atoms with Gasteiger partial charge in [-0.05, 0) is 50.5 Å². The first-order chi connectivity index (χ1) is 13.2. The zero-order valence-electron chi connectivity index (χ0n) is 15.4. The van der Waals surface area contributed by atoms with E-state index in [4.69, 9.17) is 13.7 Å². The van der Waals surface area contributed by atoms with Crippen molar-refractivity contribution in [1.29, 1.82) is 0 Å². The molecule has 0 radical (unpaired) electrons. The van der Waals surface area contributed by atoms with E-state index in [2.05, 4.69) is 10.1 Å². The number of amides is 1. The van der Waals surface area contributed by atoms with Crippen molar-refractivity contribution in [2.75, 3.05) is 19.7 Å². The highest BCUT2D eigenvalue weighted by Gasteiger charge is 2.41. The molecule has 1 spiro atoms. The lowest BCUT2D eigenvalue weighted by Crippen LogP contribution is -2.51. The van der Waals surface area contributed by atoms with Gasteiger partial charge in [-0.2, -0.15) is 4.98 Å². The zero-order chi connectivity index (χ0) is 18.3. The third-order valence-corrected chi connectivity index (χ3v) is 6.21. The Bertz CT molecular complexity index is 788. The number of rotatable bonds is 4. The zero-order valence-corrected chi connectivity index (χ0v) is 15.4. The van der Waals surface area contributed by atoms with Gasteiger partial charge in [0.05, 0.1) is 17.4 Å². The molecular weight excluding hydrogens is 346 g/mol. The highest BCUT2D eigenvalue weighted by molar-refractivity contribution is 5.93. The first-order valence-electron chi connectivity index (χ1n) is 9.99. The Labute approximate surface area is 158 Å². The van der Waals surface area contributed by atoms with Crippen molar-refractivity contribution in [3.8, 4) is 0 Å². The largest absolute Gasteiger partial charge is 0.472 e. The van der Waals surface area contributed by atoms with Crippen molar-refractivity contribution in [3.63, 3.8) is 0 Å². The standard InChI is InChI=1S/C20H25N3O4/c24-19(16-4-9-25-13-16)23-7-5-20(6-8-23)12-14(3-10-26-20)11-17-21-18(27-22-17)15-1-2-15/h4,9,13-15H,1-3,5-8,10-12H2. The number of hydrogen-bond acceptors (Lipinski definition) is 6. The Balaban J connectivity index is 1.18. The molecule has 2 aromatic rings. The van der Waals surface area contributed by atoms with Gasteiger partial charge in [0, 0.05) is 32.0 Å². The van der Waals surface area contributed by atoms with Crippen LogP contribution in [-0.2, 0) is 11.2 Å². The molecule has 0 aromatic carbocycles. The third-order valence-electron chi connectivity index (χ3n) is 6.21. The summed E-state index contributed by atoms with van der Waals surface area (Å²) in [7, 11) is 0. The topological polar surface area (TPSA) is 81.6 Å². The molecule has 1 aliphatic carbocycles. The lowest BCUT2D eigenvalue weighted by atomic mass is 9.78. The summed E-state index contributed by atoms with van der Waals surface area (Å²) < 4.78 is 16.7. The molecule has 27 heavy (non-hydrogen) atoms. The van der Waals surface area contributed by atoms with Crippen molar-refractivity contribution in [2.45, 2.75) is 56.5 Å². The highest BCUT2D eigenvalue weighted by atomic mass is 16.5. The Morgan fingerprint density at radius 1 is 1.26 bits per heavy atom. The van der Waals surface area contributed by atoms with Crippen molar-refractivity contribution >= 4 is 5.91 Å². The van der Waals surface area contributed by atoms with E-state index in [0.717, 1.165) is 63.5 Å². The minimum absolute atomic E-state index is 0.0466. The molecular formula is C20H25N3O4. The van der Waals surface area contributed by atoms with Crippen LogP contribution in [0.5, 0.6) is 0 Å². The molecule has 4 heterocycles. The molecule has 2 aliphatic heterocycles. The smallest absolute Gasteiger partial charge is 0.257 e. The van der Waals surface area contributed by atoms with Gasteiger partial charge >= 0.3 is 0 Å². The van der Waals surface area contributed by atoms with Crippen LogP contribution in [0.1, 0.15) is 66.5 Å². The number of ether oxygens (including phenoxy) is 1. The fraction of sp³-hybridized carbons (Fsp3) is 0.650. The maximum absolute atomic E-state index is 12.5. The number of hydrogen-bond donors (Lipinski definition) is 0. The van der Waals surface area contributed by atoms with Gasteiger partial charge in [0.1, 0.15) is 6.26 Å². The van der Waals surface area contributed by atoms with E-state index in [9.17, 15) is 4.79 Å². The first kappa shape index (κ1) is 17.0. The molecule has 2 saturated heterocycles. The summed E-state index contributed by atoms with van der Waals surface area (Å²) in [5.74, 6) is 2.72. The van der Waals surface area contributed by atoms with Crippen LogP contribution in [-0.4, -0.2) is 46.2 Å². The van der Waals surface area contributed by atoms with Crippen LogP contribution in [0.4, 0.5) is 0 Å². The molecule has 1 unspecified atom stereocenters. The minimum Gasteiger partial charge on any atom is -0.472 e. The number of piperidine rings is 1. The highest BCUT2D eigenvalue weighted by Crippen LogP contribution is 2.40. The minimum atomic E-state index is -0.112. The number of nitrogens with zero attached hydrogens (tertiary/aromatic N) is 3. The van der Waals surface area contributed by atoms with Crippen LogP contribution in [0.15, 0.2) is 27.5 Å². The van der Waals surface area contributed by atoms with E-state index in [1.807, 2.05) is 4.90 Å². The normalized spacial score (nSPS) is 25.0. The summed E-state index contributed by atoms with van der Waals surface area (Å²) in [5.41, 5.74) is 0.510. The van der Waals surface area contributed by atoms with Gasteiger partial charge in [-0.3, -0.25) is 4.79 Å². The van der Waals surface area contributed by atoms with Gasteiger partial charge in [0.25, 0.3) is 5.91 Å². The van der Waals surface area contributed by atoms with Crippen LogP contribution in [0, 0.1) is 5.92 Å². The average Bonchev–Trinajstić information content (AvgIpc) is 3.18. The molecule has 1 amide bonds. The van der Waals surface area contributed by atoms with Gasteiger partial charge < -0.3 is 18.6 Å². The molecule has 5 rings (SSSR count). The SMILES string of the molecule is O=C(c1ccoc1)N1CCC2(CC1)CC(Cc1noc(C3CC3)n1)CCO2. The first-order valence-corrected chi connectivity index (χ1v) is 9.99. The van der Waals surface area contributed by atoms with Gasteiger partial charge in [-0.15, -0.1) is 0 Å². The van der Waals surface area contributed by atoms with Gasteiger partial charge in [0.15, 0.2) is 5.82 Å². The number of carbonyl (C=O) groups is 1. The second-order valence-electron chi connectivity index (χ2n) is 8.22. The summed E-state index contributed by atoms with van der Waals surface area (Å²) in [6, 6.07) is 1.72. The number of likely N-dealkylation sites (tertiary alicyclic amines) is 1.